The second-order valence-electron chi connectivity index (χ2n) is 14.3. The molecule has 0 radical (unpaired) electrons. The zero-order valence-electron chi connectivity index (χ0n) is 28.0. The number of aliphatic hydroxyl groups excluding tert-OH is 1. The molecule has 49 heavy (non-hydrogen) atoms. The van der Waals surface area contributed by atoms with Crippen LogP contribution in [0.5, 0.6) is 5.75 Å². The third kappa shape index (κ3) is 5.95. The minimum absolute atomic E-state index is 0.0256. The van der Waals surface area contributed by atoms with Gasteiger partial charge in [0.1, 0.15) is 30.8 Å². The SMILES string of the molecule is C=C1CCC2[C@](C)(CC[C@H]3OC(c4ccc(OCc5cn(-c6cccc([N+](=O)[O-])c6C)nn5)cc4)OC[C@@]23C)[C@@H]1C/C=C1/C(=O)OC[C@H]1O. The van der Waals surface area contributed by atoms with Gasteiger partial charge in [0.25, 0.3) is 5.69 Å². The monoisotopic (exact) mass is 670 g/mol. The maximum Gasteiger partial charge on any atom is 0.336 e. The largest absolute Gasteiger partial charge is 0.487 e. The number of esters is 1. The van der Waals surface area contributed by atoms with Gasteiger partial charge in [0.05, 0.1) is 40.7 Å². The molecular formula is C37H42N4O8. The number of nitro groups is 1. The average Bonchev–Trinajstić information content (AvgIpc) is 3.68. The summed E-state index contributed by atoms with van der Waals surface area (Å²) in [7, 11) is 0. The van der Waals surface area contributed by atoms with Crippen LogP contribution in [0.25, 0.3) is 5.69 Å². The first-order chi connectivity index (χ1) is 23.5. The van der Waals surface area contributed by atoms with E-state index in [0.29, 0.717) is 47.2 Å². The quantitative estimate of drug-likeness (QED) is 0.0980. The second-order valence-corrected chi connectivity index (χ2v) is 14.3. The second kappa shape index (κ2) is 12.8. The Bertz CT molecular complexity index is 1800. The number of allylic oxidation sites excluding steroid dienone is 2. The summed E-state index contributed by atoms with van der Waals surface area (Å²) >= 11 is 0. The molecule has 0 amide bonds. The van der Waals surface area contributed by atoms with E-state index >= 15 is 0 Å². The number of carbonyl (C=O) groups excluding carboxylic acids is 1. The van der Waals surface area contributed by atoms with Gasteiger partial charge in [-0.05, 0) is 74.5 Å². The van der Waals surface area contributed by atoms with E-state index in [1.165, 1.54) is 16.3 Å². The summed E-state index contributed by atoms with van der Waals surface area (Å²) in [5, 5.41) is 29.9. The van der Waals surface area contributed by atoms with Crippen LogP contribution in [0.2, 0.25) is 0 Å². The zero-order valence-corrected chi connectivity index (χ0v) is 28.0. The van der Waals surface area contributed by atoms with Gasteiger partial charge in [0, 0.05) is 17.0 Å². The van der Waals surface area contributed by atoms with Crippen LogP contribution in [0, 0.1) is 39.7 Å². The van der Waals surface area contributed by atoms with Crippen molar-refractivity contribution < 1.29 is 33.8 Å². The van der Waals surface area contributed by atoms with Crippen molar-refractivity contribution in [3.05, 3.63) is 99.4 Å². The minimum atomic E-state index is -0.861. The van der Waals surface area contributed by atoms with E-state index in [4.69, 9.17) is 18.9 Å². The van der Waals surface area contributed by atoms with Crippen LogP contribution in [-0.2, 0) is 25.6 Å². The van der Waals surface area contributed by atoms with Crippen LogP contribution < -0.4 is 4.74 Å². The number of aliphatic hydroxyl groups is 1. The fourth-order valence-corrected chi connectivity index (χ4v) is 8.79. The molecule has 2 aliphatic heterocycles. The fraction of sp³-hybridized carbons (Fsp3) is 0.486. The predicted octanol–water partition coefficient (Wildman–Crippen LogP) is 6.10. The Hall–Kier alpha value is -4.39. The van der Waals surface area contributed by atoms with Crippen molar-refractivity contribution in [3.8, 4) is 11.4 Å². The number of hydrogen-bond donors (Lipinski definition) is 1. The van der Waals surface area contributed by atoms with Crippen LogP contribution in [-0.4, -0.2) is 56.4 Å². The summed E-state index contributed by atoms with van der Waals surface area (Å²) < 4.78 is 25.7. The molecule has 0 bridgehead atoms. The van der Waals surface area contributed by atoms with E-state index in [9.17, 15) is 20.0 Å². The average molecular weight is 671 g/mol. The molecule has 1 aromatic heterocycles. The van der Waals surface area contributed by atoms with Crippen LogP contribution >= 0.6 is 0 Å². The number of fused-ring (bicyclic) bond motifs is 3. The molecule has 3 heterocycles. The van der Waals surface area contributed by atoms with Gasteiger partial charge in [-0.25, -0.2) is 9.48 Å². The highest BCUT2D eigenvalue weighted by atomic mass is 16.7. The summed E-state index contributed by atoms with van der Waals surface area (Å²) in [5.74, 6) is 0.769. The first-order valence-corrected chi connectivity index (χ1v) is 16.9. The lowest BCUT2D eigenvalue weighted by Gasteiger charge is -2.62. The van der Waals surface area contributed by atoms with Crippen LogP contribution in [0.15, 0.2) is 72.5 Å². The lowest BCUT2D eigenvalue weighted by molar-refractivity contribution is -0.385. The highest BCUT2D eigenvalue weighted by Crippen LogP contribution is 2.64. The smallest absolute Gasteiger partial charge is 0.336 e. The summed E-state index contributed by atoms with van der Waals surface area (Å²) in [6.45, 7) is 11.6. The molecule has 2 aromatic carbocycles. The molecular weight excluding hydrogens is 628 g/mol. The first kappa shape index (κ1) is 33.1. The van der Waals surface area contributed by atoms with Crippen molar-refractivity contribution in [1.82, 2.24) is 15.0 Å². The van der Waals surface area contributed by atoms with Crippen molar-refractivity contribution in [2.45, 2.75) is 78.0 Å². The molecule has 2 saturated heterocycles. The third-order valence-corrected chi connectivity index (χ3v) is 11.5. The summed E-state index contributed by atoms with van der Waals surface area (Å²) in [6, 6.07) is 12.5. The molecule has 3 aromatic rings. The normalized spacial score (nSPS) is 32.0. The Morgan fingerprint density at radius 3 is 2.71 bits per heavy atom. The first-order valence-electron chi connectivity index (χ1n) is 16.9. The van der Waals surface area contributed by atoms with Crippen molar-refractivity contribution in [2.75, 3.05) is 13.2 Å². The van der Waals surface area contributed by atoms with Gasteiger partial charge in [-0.2, -0.15) is 0 Å². The highest BCUT2D eigenvalue weighted by molar-refractivity contribution is 5.91. The molecule has 7 rings (SSSR count). The lowest BCUT2D eigenvalue weighted by atomic mass is 9.46. The van der Waals surface area contributed by atoms with E-state index in [1.807, 2.05) is 30.3 Å². The minimum Gasteiger partial charge on any atom is -0.487 e. The number of ether oxygens (including phenoxy) is 4. The van der Waals surface area contributed by atoms with Crippen LogP contribution in [0.4, 0.5) is 5.69 Å². The standard InChI is InChI=1S/C37H42N4O8/c1-22-8-15-32-36(3,28(22)14-13-27-31(42)20-47-34(27)43)17-16-33-37(32,4)21-48-35(49-33)24-9-11-26(12-10-24)46-19-25-18-40(39-38-25)29-6-5-7-30(23(29)2)41(44)45/h5-7,9-13,18,28,31-33,35,42H,1,8,14-17,19-21H2,2-4H3/b27-13+/t28-,31-,32?,33-,35?,36-,37+/m1/s1. The van der Waals surface area contributed by atoms with Gasteiger partial charge in [-0.1, -0.05) is 55.5 Å². The molecule has 4 aliphatic rings. The number of nitrogens with zero attached hydrogens (tertiary/aromatic N) is 4. The number of benzene rings is 2. The number of aromatic nitrogens is 3. The van der Waals surface area contributed by atoms with Gasteiger partial charge in [0.15, 0.2) is 6.29 Å². The number of cyclic esters (lactones) is 1. The topological polar surface area (TPSA) is 148 Å². The number of nitro benzene ring substituents is 1. The van der Waals surface area contributed by atoms with E-state index in [0.717, 1.165) is 31.2 Å². The zero-order chi connectivity index (χ0) is 34.5. The van der Waals surface area contributed by atoms with Crippen LogP contribution in [0.3, 0.4) is 0 Å². The molecule has 0 spiro atoms. The van der Waals surface area contributed by atoms with E-state index in [-0.39, 0.29) is 41.8 Å². The Balaban J connectivity index is 0.981. The summed E-state index contributed by atoms with van der Waals surface area (Å²) in [6.07, 6.45) is 6.73. The highest BCUT2D eigenvalue weighted by Gasteiger charge is 2.60. The maximum absolute atomic E-state index is 12.1. The number of carbonyl (C=O) groups is 1. The Morgan fingerprint density at radius 1 is 1.18 bits per heavy atom. The van der Waals surface area contributed by atoms with Crippen molar-refractivity contribution in [2.24, 2.45) is 22.7 Å². The van der Waals surface area contributed by atoms with Gasteiger partial charge >= 0.3 is 5.97 Å². The van der Waals surface area contributed by atoms with Crippen molar-refractivity contribution >= 4 is 11.7 Å². The number of hydrogen-bond acceptors (Lipinski definition) is 10. The van der Waals surface area contributed by atoms with Gasteiger partial charge < -0.3 is 24.1 Å². The molecule has 7 atom stereocenters. The molecule has 1 N–H and O–H groups in total. The molecule has 2 unspecified atom stereocenters. The molecule has 12 nitrogen and oxygen atoms in total. The molecule has 258 valence electrons. The number of rotatable bonds is 8. The van der Waals surface area contributed by atoms with E-state index in [1.54, 1.807) is 25.3 Å². The Morgan fingerprint density at radius 2 is 1.98 bits per heavy atom. The maximum atomic E-state index is 12.1. The van der Waals surface area contributed by atoms with E-state index < -0.39 is 23.3 Å². The van der Waals surface area contributed by atoms with E-state index in [2.05, 4.69) is 30.7 Å². The Kier molecular flexibility index (Phi) is 8.66. The molecule has 4 fully saturated rings. The fourth-order valence-electron chi connectivity index (χ4n) is 8.79. The molecule has 12 heteroatoms. The third-order valence-electron chi connectivity index (χ3n) is 11.5. The summed E-state index contributed by atoms with van der Waals surface area (Å²) in [4.78, 5) is 23.1. The van der Waals surface area contributed by atoms with Gasteiger partial charge in [0.2, 0.25) is 0 Å². The van der Waals surface area contributed by atoms with Crippen LogP contribution in [0.1, 0.15) is 69.1 Å². The lowest BCUT2D eigenvalue weighted by Crippen LogP contribution is -2.60. The predicted molar refractivity (Wildman–Crippen MR) is 178 cm³/mol. The van der Waals surface area contributed by atoms with Crippen molar-refractivity contribution in [1.29, 1.82) is 0 Å². The van der Waals surface area contributed by atoms with Gasteiger partial charge in [-0.3, -0.25) is 10.1 Å². The summed E-state index contributed by atoms with van der Waals surface area (Å²) in [5.41, 5.74) is 3.98. The van der Waals surface area contributed by atoms with Crippen molar-refractivity contribution in [3.63, 3.8) is 0 Å². The molecule has 2 aliphatic carbocycles. The Labute approximate surface area is 284 Å². The molecule has 2 saturated carbocycles. The van der Waals surface area contributed by atoms with Gasteiger partial charge in [-0.15, -0.1) is 5.10 Å².